The van der Waals surface area contributed by atoms with Crippen molar-refractivity contribution < 1.29 is 28.6 Å². The molecule has 0 fully saturated rings. The molecule has 0 saturated carbocycles. The minimum atomic E-state index is -0.479. The normalized spacial score (nSPS) is 10.6. The van der Waals surface area contributed by atoms with Gasteiger partial charge in [0.05, 0.1) is 13.2 Å². The van der Waals surface area contributed by atoms with Crippen molar-refractivity contribution in [2.45, 2.75) is 54.6 Å². The largest absolute Gasteiger partial charge is 0.466 e. The molecule has 0 spiro atoms. The van der Waals surface area contributed by atoms with Gasteiger partial charge in [0.1, 0.15) is 12.7 Å². The number of carbonyl (C=O) groups excluding carboxylic acids is 3. The van der Waals surface area contributed by atoms with Gasteiger partial charge in [0.25, 0.3) is 0 Å². The maximum absolute atomic E-state index is 11.2. The second kappa shape index (κ2) is 14.0. The average molecular weight is 292 g/mol. The fraction of sp³-hybridized carbons (Fsp3) is 0.786. The predicted octanol–water partition coefficient (Wildman–Crippen LogP) is 2.14. The monoisotopic (exact) mass is 292 g/mol. The minimum Gasteiger partial charge on any atom is -0.466 e. The van der Waals surface area contributed by atoms with Gasteiger partial charge in [-0.3, -0.25) is 14.4 Å². The topological polar surface area (TPSA) is 78.9 Å². The maximum atomic E-state index is 11.2. The lowest BCUT2D eigenvalue weighted by Crippen LogP contribution is -2.21. The van der Waals surface area contributed by atoms with Crippen molar-refractivity contribution >= 4 is 17.7 Å². The summed E-state index contributed by atoms with van der Waals surface area (Å²) in [6, 6.07) is 0. The Labute approximate surface area is 121 Å². The van der Waals surface area contributed by atoms with Gasteiger partial charge in [0, 0.05) is 13.3 Å². The summed E-state index contributed by atoms with van der Waals surface area (Å²) in [4.78, 5) is 32.4. The Bertz CT molecular complexity index is 287. The summed E-state index contributed by atoms with van der Waals surface area (Å²) in [6.07, 6.45) is 0.145. The van der Waals surface area contributed by atoms with Crippen LogP contribution >= 0.6 is 0 Å². The van der Waals surface area contributed by atoms with Crippen molar-refractivity contribution in [3.8, 4) is 0 Å². The van der Waals surface area contributed by atoms with Crippen molar-refractivity contribution in [2.75, 3.05) is 19.8 Å². The summed E-state index contributed by atoms with van der Waals surface area (Å²) >= 11 is 0. The van der Waals surface area contributed by atoms with Gasteiger partial charge in [-0.1, -0.05) is 14.9 Å². The van der Waals surface area contributed by atoms with Crippen molar-refractivity contribution in [2.24, 2.45) is 0 Å². The second-order valence-corrected chi connectivity index (χ2v) is 3.79. The van der Waals surface area contributed by atoms with Gasteiger partial charge >= 0.3 is 11.9 Å². The molecule has 120 valence electrons. The molecule has 20 heavy (non-hydrogen) atoms. The van der Waals surface area contributed by atoms with Gasteiger partial charge in [-0.05, 0) is 20.3 Å². The molecular formula is C14H28O6. The molecule has 6 nitrogen and oxygen atoms in total. The molecule has 0 amide bonds. The maximum Gasteiger partial charge on any atom is 0.305 e. The lowest BCUT2D eigenvalue weighted by molar-refractivity contribution is -0.148. The number of rotatable bonds is 9. The third kappa shape index (κ3) is 14.6. The highest BCUT2D eigenvalue weighted by atomic mass is 16.6. The van der Waals surface area contributed by atoms with Crippen LogP contribution in [0.3, 0.4) is 0 Å². The van der Waals surface area contributed by atoms with Gasteiger partial charge in [-0.25, -0.2) is 0 Å². The van der Waals surface area contributed by atoms with Crippen LogP contribution in [0, 0.1) is 0 Å². The summed E-state index contributed by atoms with van der Waals surface area (Å²) in [6.45, 7) is 4.91. The number of Topliss-reactive ketones (excluding diaryl/α,β-unsaturated/α-hetero) is 1. The first-order chi connectivity index (χ1) is 8.43. The summed E-state index contributed by atoms with van der Waals surface area (Å²) in [7, 11) is 0. The zero-order valence-corrected chi connectivity index (χ0v) is 11.1. The van der Waals surface area contributed by atoms with E-state index in [-0.39, 0.29) is 58.8 Å². The Kier molecular flexibility index (Phi) is 16.5. The predicted molar refractivity (Wildman–Crippen MR) is 76.4 cm³/mol. The van der Waals surface area contributed by atoms with E-state index in [1.807, 2.05) is 0 Å². The molecule has 0 rings (SSSR count). The van der Waals surface area contributed by atoms with Crippen LogP contribution in [0.1, 0.15) is 48.5 Å². The third-order valence-electron chi connectivity index (χ3n) is 2.12. The van der Waals surface area contributed by atoms with Gasteiger partial charge in [-0.15, -0.1) is 0 Å². The zero-order chi connectivity index (χ0) is 14.0. The lowest BCUT2D eigenvalue weighted by atomic mass is 10.3. The molecule has 1 atom stereocenters. The van der Waals surface area contributed by atoms with Gasteiger partial charge in [0.15, 0.2) is 5.78 Å². The van der Waals surface area contributed by atoms with Crippen molar-refractivity contribution in [3.05, 3.63) is 0 Å². The van der Waals surface area contributed by atoms with E-state index >= 15 is 0 Å². The Hall–Kier alpha value is -1.43. The third-order valence-corrected chi connectivity index (χ3v) is 2.12. The average Bonchev–Trinajstić information content (AvgIpc) is 2.29. The molecule has 0 radical (unpaired) electrons. The summed E-state index contributed by atoms with van der Waals surface area (Å²) in [5.74, 6) is -0.807. The van der Waals surface area contributed by atoms with Crippen LogP contribution in [0.4, 0.5) is 0 Å². The Balaban J connectivity index is -0.00000144. The highest BCUT2D eigenvalue weighted by molar-refractivity contribution is 5.79. The molecule has 0 aromatic carbocycles. The van der Waals surface area contributed by atoms with E-state index in [0.29, 0.717) is 6.42 Å². The fourth-order valence-corrected chi connectivity index (χ4v) is 1.00. The minimum absolute atomic E-state index is 0. The molecule has 1 unspecified atom stereocenters. The van der Waals surface area contributed by atoms with Crippen LogP contribution in [0.25, 0.3) is 0 Å². The Morgan fingerprint density at radius 2 is 1.55 bits per heavy atom. The second-order valence-electron chi connectivity index (χ2n) is 3.79. The van der Waals surface area contributed by atoms with Crippen LogP contribution in [0.15, 0.2) is 0 Å². The lowest BCUT2D eigenvalue weighted by Gasteiger charge is -2.09. The van der Waals surface area contributed by atoms with Crippen molar-refractivity contribution in [1.82, 2.24) is 0 Å². The number of hydrogen-bond acceptors (Lipinski definition) is 6. The zero-order valence-electron chi connectivity index (χ0n) is 11.1. The number of esters is 2. The highest BCUT2D eigenvalue weighted by Gasteiger charge is 2.08. The van der Waals surface area contributed by atoms with E-state index in [2.05, 4.69) is 4.74 Å². The number of ether oxygens (including phenoxy) is 3. The van der Waals surface area contributed by atoms with E-state index in [9.17, 15) is 14.4 Å². The first-order valence-electron chi connectivity index (χ1n) is 5.84. The van der Waals surface area contributed by atoms with Crippen LogP contribution in [0.5, 0.6) is 0 Å². The standard InChI is InChI=1S/C12H20O6.2CH4/c1-9(13)10(2)16-7-8-18-12(15)5-4-6-17-11(3)14;;/h10H,4-8H2,1-3H3;2*1H4. The van der Waals surface area contributed by atoms with Crippen molar-refractivity contribution in [1.29, 1.82) is 0 Å². The molecular weight excluding hydrogens is 264 g/mol. The molecule has 0 aliphatic rings. The molecule has 0 saturated heterocycles. The molecule has 0 heterocycles. The summed E-state index contributed by atoms with van der Waals surface area (Å²) in [5.41, 5.74) is 0. The smallest absolute Gasteiger partial charge is 0.305 e. The van der Waals surface area contributed by atoms with Crippen LogP contribution in [-0.2, 0) is 28.6 Å². The number of carbonyl (C=O) groups is 3. The molecule has 6 heteroatoms. The molecule has 0 aliphatic carbocycles. The van der Waals surface area contributed by atoms with Gasteiger partial charge < -0.3 is 14.2 Å². The molecule has 0 aromatic heterocycles. The van der Waals surface area contributed by atoms with Crippen LogP contribution < -0.4 is 0 Å². The van der Waals surface area contributed by atoms with E-state index in [1.165, 1.54) is 13.8 Å². The summed E-state index contributed by atoms with van der Waals surface area (Å²) < 4.78 is 14.6. The molecule has 0 aliphatic heterocycles. The highest BCUT2D eigenvalue weighted by Crippen LogP contribution is 1.96. The number of hydrogen-bond donors (Lipinski definition) is 0. The molecule has 0 aromatic rings. The molecule has 0 bridgehead atoms. The van der Waals surface area contributed by atoms with Gasteiger partial charge in [0.2, 0.25) is 0 Å². The Morgan fingerprint density at radius 1 is 0.950 bits per heavy atom. The first kappa shape index (κ1) is 23.6. The number of ketones is 1. The Morgan fingerprint density at radius 3 is 2.05 bits per heavy atom. The van der Waals surface area contributed by atoms with E-state index in [0.717, 1.165) is 0 Å². The van der Waals surface area contributed by atoms with Crippen molar-refractivity contribution in [3.63, 3.8) is 0 Å². The van der Waals surface area contributed by atoms with Crippen LogP contribution in [-0.4, -0.2) is 43.6 Å². The van der Waals surface area contributed by atoms with E-state index < -0.39 is 6.10 Å². The van der Waals surface area contributed by atoms with E-state index in [4.69, 9.17) is 9.47 Å². The first-order valence-corrected chi connectivity index (χ1v) is 5.84. The van der Waals surface area contributed by atoms with Crippen LogP contribution in [0.2, 0.25) is 0 Å². The molecule has 0 N–H and O–H groups in total. The van der Waals surface area contributed by atoms with Gasteiger partial charge in [-0.2, -0.15) is 0 Å². The summed E-state index contributed by atoms with van der Waals surface area (Å²) in [5, 5.41) is 0. The fourth-order valence-electron chi connectivity index (χ4n) is 1.00. The van der Waals surface area contributed by atoms with E-state index in [1.54, 1.807) is 6.92 Å². The quantitative estimate of drug-likeness (QED) is 0.478. The SMILES string of the molecule is C.C.CC(=O)OCCCC(=O)OCCOC(C)C(C)=O.